The lowest BCUT2D eigenvalue weighted by atomic mass is 10.00. The number of hydrogen-bond acceptors (Lipinski definition) is 13. The summed E-state index contributed by atoms with van der Waals surface area (Å²) in [6.07, 6.45) is -4.52. The molecule has 5 N–H and O–H groups in total. The van der Waals surface area contributed by atoms with Crippen LogP contribution >= 0.6 is 0 Å². The second-order valence-corrected chi connectivity index (χ2v) is 9.85. The van der Waals surface area contributed by atoms with Gasteiger partial charge in [0, 0.05) is 32.1 Å². The van der Waals surface area contributed by atoms with E-state index >= 15 is 0 Å². The van der Waals surface area contributed by atoms with E-state index in [1.165, 1.54) is 39.8 Å². The molecule has 2 aromatic rings. The quantitative estimate of drug-likeness (QED) is 0.221. The first-order valence-electron chi connectivity index (χ1n) is 13.1. The predicted molar refractivity (Wildman–Crippen MR) is 145 cm³/mol. The number of aliphatic hydroxyl groups excluding tert-OH is 1. The van der Waals surface area contributed by atoms with Crippen LogP contribution in [-0.2, 0) is 41.4 Å². The van der Waals surface area contributed by atoms with E-state index in [2.05, 4.69) is 0 Å². The number of carbonyl (C=O) groups excluding carboxylic acids is 4. The van der Waals surface area contributed by atoms with Crippen molar-refractivity contribution in [2.45, 2.75) is 77.8 Å². The van der Waals surface area contributed by atoms with Gasteiger partial charge in [-0.1, -0.05) is 0 Å². The zero-order valence-corrected chi connectivity index (χ0v) is 23.9. The van der Waals surface area contributed by atoms with Crippen molar-refractivity contribution in [1.82, 2.24) is 0 Å². The number of ether oxygens (including phenoxy) is 4. The normalized spacial score (nSPS) is 22.5. The molecule has 2 aromatic carbocycles. The molecule has 0 aromatic heterocycles. The Morgan fingerprint density at radius 2 is 0.833 bits per heavy atom. The zero-order valence-electron chi connectivity index (χ0n) is 23.9. The van der Waals surface area contributed by atoms with Crippen LogP contribution in [0, 0.1) is 0 Å². The Labute approximate surface area is 242 Å². The van der Waals surface area contributed by atoms with E-state index in [0.29, 0.717) is 0 Å². The molecule has 0 saturated heterocycles. The van der Waals surface area contributed by atoms with Crippen molar-refractivity contribution in [1.29, 1.82) is 0 Å². The van der Waals surface area contributed by atoms with E-state index in [9.17, 15) is 39.6 Å². The first kappa shape index (κ1) is 33.7. The number of phenolic OH excluding ortho intramolecular Hbond substituents is 4. The Morgan fingerprint density at radius 3 is 1.17 bits per heavy atom. The SMILES string of the molecule is CO.C[C@@H]1Cc2cc(O)cc(O)c2C(=O)O[C@H](C)CC(=O)O[C@H](C)Cc2cc(O)cc(O)c2C(=O)O[C@H](C)CC(=O)O1. The summed E-state index contributed by atoms with van der Waals surface area (Å²) in [7, 11) is 1.00. The number of aromatic hydroxyl groups is 4. The molecule has 13 heteroatoms. The third-order valence-corrected chi connectivity index (χ3v) is 5.98. The summed E-state index contributed by atoms with van der Waals surface area (Å²) in [5.74, 6) is -5.19. The highest BCUT2D eigenvalue weighted by atomic mass is 16.6. The lowest BCUT2D eigenvalue weighted by molar-refractivity contribution is -0.151. The average molecular weight is 593 g/mol. The highest BCUT2D eigenvalue weighted by Crippen LogP contribution is 2.31. The molecule has 42 heavy (non-hydrogen) atoms. The molecule has 230 valence electrons. The van der Waals surface area contributed by atoms with Crippen LogP contribution in [0.5, 0.6) is 23.0 Å². The van der Waals surface area contributed by atoms with E-state index in [1.807, 2.05) is 0 Å². The Balaban J connectivity index is 0.00000301. The maximum Gasteiger partial charge on any atom is 0.342 e. The fourth-order valence-electron chi connectivity index (χ4n) is 4.42. The molecule has 0 fully saturated rings. The average Bonchev–Trinajstić information content (AvgIpc) is 2.82. The topological polar surface area (TPSA) is 206 Å². The first-order valence-corrected chi connectivity index (χ1v) is 13.1. The first-order chi connectivity index (χ1) is 19.7. The van der Waals surface area contributed by atoms with Gasteiger partial charge in [0.2, 0.25) is 0 Å². The predicted octanol–water partition coefficient (Wildman–Crippen LogP) is 2.65. The van der Waals surface area contributed by atoms with Crippen LogP contribution < -0.4 is 0 Å². The van der Waals surface area contributed by atoms with Crippen LogP contribution in [0.2, 0.25) is 0 Å². The van der Waals surface area contributed by atoms with Crippen molar-refractivity contribution in [3.05, 3.63) is 46.5 Å². The number of fused-ring (bicyclic) bond motifs is 2. The van der Waals surface area contributed by atoms with Crippen molar-refractivity contribution in [3.8, 4) is 23.0 Å². The molecule has 0 bridgehead atoms. The van der Waals surface area contributed by atoms with Crippen LogP contribution in [0.4, 0.5) is 0 Å². The molecule has 3 rings (SSSR count). The van der Waals surface area contributed by atoms with Crippen LogP contribution in [-0.4, -0.2) is 80.9 Å². The van der Waals surface area contributed by atoms with Crippen LogP contribution in [0.15, 0.2) is 24.3 Å². The standard InChI is InChI=1S/C28H32O12.CH4O/c1-13-5-17-9-19(29)11-21(31)25(17)27(35)40-16(4)8-24(34)38-14(2)6-18-10-20(30)12-22(32)26(18)28(36)39-15(3)7-23(33)37-13;1-2/h9-16,29-32H,5-8H2,1-4H3;2H,1H3/t13-,14-,15-,16-;/m1./s1. The van der Waals surface area contributed by atoms with Gasteiger partial charge in [0.25, 0.3) is 0 Å². The number of carbonyl (C=O) groups is 4. The summed E-state index contributed by atoms with van der Waals surface area (Å²) in [5.41, 5.74) is -0.254. The van der Waals surface area contributed by atoms with E-state index in [-0.39, 0.29) is 59.4 Å². The van der Waals surface area contributed by atoms with Crippen molar-refractivity contribution < 1.29 is 63.7 Å². The summed E-state index contributed by atoms with van der Waals surface area (Å²) >= 11 is 0. The summed E-state index contributed by atoms with van der Waals surface area (Å²) in [4.78, 5) is 50.9. The van der Waals surface area contributed by atoms with Crippen molar-refractivity contribution >= 4 is 23.9 Å². The lowest BCUT2D eigenvalue weighted by Crippen LogP contribution is -2.26. The molecular formula is C29H36O13. The van der Waals surface area contributed by atoms with Gasteiger partial charge in [-0.2, -0.15) is 0 Å². The van der Waals surface area contributed by atoms with E-state index in [4.69, 9.17) is 24.1 Å². The summed E-state index contributed by atoms with van der Waals surface area (Å²) in [6, 6.07) is 4.36. The molecule has 4 atom stereocenters. The van der Waals surface area contributed by atoms with Crippen LogP contribution in [0.3, 0.4) is 0 Å². The number of hydrogen-bond donors (Lipinski definition) is 5. The second-order valence-electron chi connectivity index (χ2n) is 9.85. The monoisotopic (exact) mass is 592 g/mol. The van der Waals surface area contributed by atoms with Gasteiger partial charge in [0.15, 0.2) is 0 Å². The summed E-state index contributed by atoms with van der Waals surface area (Å²) < 4.78 is 21.4. The Morgan fingerprint density at radius 1 is 0.524 bits per heavy atom. The molecule has 0 unspecified atom stereocenters. The minimum absolute atomic E-state index is 0.0923. The number of phenols is 4. The lowest BCUT2D eigenvalue weighted by Gasteiger charge is -2.21. The highest BCUT2D eigenvalue weighted by molar-refractivity contribution is 5.95. The van der Waals surface area contributed by atoms with E-state index < -0.39 is 59.8 Å². The zero-order chi connectivity index (χ0) is 31.7. The van der Waals surface area contributed by atoms with Gasteiger partial charge in [-0.15, -0.1) is 0 Å². The summed E-state index contributed by atoms with van der Waals surface area (Å²) in [5, 5.41) is 47.6. The smallest absolute Gasteiger partial charge is 0.342 e. The Kier molecular flexibility index (Phi) is 12.0. The molecule has 13 nitrogen and oxygen atoms in total. The largest absolute Gasteiger partial charge is 0.508 e. The van der Waals surface area contributed by atoms with Crippen LogP contribution in [0.25, 0.3) is 0 Å². The molecule has 0 amide bonds. The van der Waals surface area contributed by atoms with Crippen LogP contribution in [0.1, 0.15) is 72.4 Å². The van der Waals surface area contributed by atoms with Gasteiger partial charge in [0.05, 0.1) is 12.8 Å². The fourth-order valence-corrected chi connectivity index (χ4v) is 4.42. The van der Waals surface area contributed by atoms with Gasteiger partial charge < -0.3 is 44.5 Å². The van der Waals surface area contributed by atoms with Crippen molar-refractivity contribution in [2.24, 2.45) is 0 Å². The maximum absolute atomic E-state index is 12.9. The van der Waals surface area contributed by atoms with Gasteiger partial charge in [-0.25, -0.2) is 9.59 Å². The summed E-state index contributed by atoms with van der Waals surface area (Å²) in [6.45, 7) is 5.94. The minimum Gasteiger partial charge on any atom is -0.508 e. The molecule has 0 spiro atoms. The van der Waals surface area contributed by atoms with E-state index in [1.54, 1.807) is 0 Å². The maximum atomic E-state index is 12.9. The molecule has 0 saturated carbocycles. The fraction of sp³-hybridized carbons (Fsp3) is 0.448. The van der Waals surface area contributed by atoms with Gasteiger partial charge >= 0.3 is 23.9 Å². The van der Waals surface area contributed by atoms with Crippen molar-refractivity contribution in [3.63, 3.8) is 0 Å². The third kappa shape index (κ3) is 9.26. The molecule has 0 aliphatic carbocycles. The van der Waals surface area contributed by atoms with Crippen molar-refractivity contribution in [2.75, 3.05) is 7.11 Å². The van der Waals surface area contributed by atoms with Gasteiger partial charge in [-0.3, -0.25) is 9.59 Å². The molecule has 1 aliphatic heterocycles. The third-order valence-electron chi connectivity index (χ3n) is 5.98. The molecule has 1 heterocycles. The number of aliphatic hydroxyl groups is 1. The van der Waals surface area contributed by atoms with Gasteiger partial charge in [-0.05, 0) is 51.0 Å². The minimum atomic E-state index is -0.981. The number of benzene rings is 2. The second kappa shape index (κ2) is 14.9. The Bertz CT molecular complexity index is 1200. The molecule has 0 radical (unpaired) electrons. The Hall–Kier alpha value is -4.52. The number of esters is 4. The number of cyclic esters (lactones) is 4. The highest BCUT2D eigenvalue weighted by Gasteiger charge is 2.28. The molecular weight excluding hydrogens is 556 g/mol. The van der Waals surface area contributed by atoms with Gasteiger partial charge in [0.1, 0.15) is 58.5 Å². The van der Waals surface area contributed by atoms with E-state index in [0.717, 1.165) is 19.2 Å². The molecule has 1 aliphatic rings. The number of rotatable bonds is 0.